The monoisotopic (exact) mass is 522 g/mol. The molecule has 0 spiro atoms. The standard InChI is InChI=1S/C25H35BrN2O5/c1-7-32-22-13-18(19(26)14-23(22)33-16-24(29)28-25(2,3)4)15-27-11-10-17-8-9-20(30-5)21(12-17)31-6/h8-9,12-14,27H,7,10-11,15-16H2,1-6H3,(H,28,29). The highest BCUT2D eigenvalue weighted by Crippen LogP contribution is 2.34. The van der Waals surface area contributed by atoms with Gasteiger partial charge in [-0.25, -0.2) is 0 Å². The number of methoxy groups -OCH3 is 2. The number of nitrogens with one attached hydrogen (secondary N) is 2. The molecule has 7 nitrogen and oxygen atoms in total. The zero-order valence-corrected chi connectivity index (χ0v) is 21.9. The zero-order chi connectivity index (χ0) is 24.4. The lowest BCUT2D eigenvalue weighted by molar-refractivity contribution is -0.124. The number of halogens is 1. The van der Waals surface area contributed by atoms with E-state index in [0.717, 1.165) is 40.1 Å². The summed E-state index contributed by atoms with van der Waals surface area (Å²) in [6, 6.07) is 9.73. The molecule has 2 rings (SSSR count). The molecule has 0 bridgehead atoms. The van der Waals surface area contributed by atoms with Crippen molar-refractivity contribution in [3.63, 3.8) is 0 Å². The van der Waals surface area contributed by atoms with E-state index in [1.807, 2.05) is 58.0 Å². The molecule has 0 atom stereocenters. The maximum Gasteiger partial charge on any atom is 0.258 e. The van der Waals surface area contributed by atoms with Crippen LogP contribution in [0.4, 0.5) is 0 Å². The average molecular weight is 523 g/mol. The van der Waals surface area contributed by atoms with Crippen LogP contribution in [0.15, 0.2) is 34.8 Å². The minimum atomic E-state index is -0.309. The van der Waals surface area contributed by atoms with Crippen LogP contribution < -0.4 is 29.6 Å². The smallest absolute Gasteiger partial charge is 0.258 e. The van der Waals surface area contributed by atoms with E-state index in [-0.39, 0.29) is 18.1 Å². The van der Waals surface area contributed by atoms with Crippen LogP contribution in [0.25, 0.3) is 0 Å². The molecule has 0 saturated heterocycles. The lowest BCUT2D eigenvalue weighted by Crippen LogP contribution is -2.43. The molecule has 33 heavy (non-hydrogen) atoms. The Kier molecular flexibility index (Phi) is 10.3. The molecule has 0 aliphatic heterocycles. The molecule has 0 aromatic heterocycles. The van der Waals surface area contributed by atoms with E-state index >= 15 is 0 Å². The highest BCUT2D eigenvalue weighted by atomic mass is 79.9. The highest BCUT2D eigenvalue weighted by molar-refractivity contribution is 9.10. The number of carbonyl (C=O) groups is 1. The van der Waals surface area contributed by atoms with Crippen molar-refractivity contribution in [2.75, 3.05) is 34.0 Å². The maximum absolute atomic E-state index is 12.1. The van der Waals surface area contributed by atoms with Gasteiger partial charge in [0, 0.05) is 16.6 Å². The van der Waals surface area contributed by atoms with E-state index in [4.69, 9.17) is 18.9 Å². The van der Waals surface area contributed by atoms with Crippen molar-refractivity contribution in [3.05, 3.63) is 45.9 Å². The number of hydrogen-bond acceptors (Lipinski definition) is 6. The van der Waals surface area contributed by atoms with Crippen molar-refractivity contribution in [2.45, 2.75) is 46.2 Å². The number of rotatable bonds is 12. The van der Waals surface area contributed by atoms with Crippen LogP contribution in [0.1, 0.15) is 38.8 Å². The third-order valence-electron chi connectivity index (χ3n) is 4.64. The molecule has 8 heteroatoms. The van der Waals surface area contributed by atoms with E-state index in [1.165, 1.54) is 0 Å². The van der Waals surface area contributed by atoms with Gasteiger partial charge in [-0.3, -0.25) is 4.79 Å². The average Bonchev–Trinajstić information content (AvgIpc) is 2.76. The van der Waals surface area contributed by atoms with E-state index in [0.29, 0.717) is 24.7 Å². The Morgan fingerprint density at radius 3 is 2.30 bits per heavy atom. The second-order valence-electron chi connectivity index (χ2n) is 8.53. The van der Waals surface area contributed by atoms with Gasteiger partial charge in [-0.15, -0.1) is 0 Å². The molecule has 2 N–H and O–H groups in total. The molecule has 0 unspecified atom stereocenters. The van der Waals surface area contributed by atoms with E-state index in [9.17, 15) is 4.79 Å². The van der Waals surface area contributed by atoms with Crippen LogP contribution in [0.3, 0.4) is 0 Å². The van der Waals surface area contributed by atoms with Gasteiger partial charge >= 0.3 is 0 Å². The van der Waals surface area contributed by atoms with Crippen LogP contribution in [0.5, 0.6) is 23.0 Å². The van der Waals surface area contributed by atoms with Crippen molar-refractivity contribution in [3.8, 4) is 23.0 Å². The molecular weight excluding hydrogens is 488 g/mol. The molecule has 2 aromatic carbocycles. The van der Waals surface area contributed by atoms with Crippen molar-refractivity contribution in [1.29, 1.82) is 0 Å². The van der Waals surface area contributed by atoms with Crippen molar-refractivity contribution >= 4 is 21.8 Å². The largest absolute Gasteiger partial charge is 0.493 e. The van der Waals surface area contributed by atoms with Gasteiger partial charge in [-0.2, -0.15) is 0 Å². The summed E-state index contributed by atoms with van der Waals surface area (Å²) in [6.45, 7) is 9.57. The zero-order valence-electron chi connectivity index (χ0n) is 20.3. The number of hydrogen-bond donors (Lipinski definition) is 2. The topological polar surface area (TPSA) is 78.1 Å². The van der Waals surface area contributed by atoms with Crippen molar-refractivity contribution in [1.82, 2.24) is 10.6 Å². The summed E-state index contributed by atoms with van der Waals surface area (Å²) in [5.41, 5.74) is 1.89. The van der Waals surface area contributed by atoms with Gasteiger partial charge < -0.3 is 29.6 Å². The third-order valence-corrected chi connectivity index (χ3v) is 5.38. The molecule has 0 saturated carbocycles. The summed E-state index contributed by atoms with van der Waals surface area (Å²) >= 11 is 3.61. The fraction of sp³-hybridized carbons (Fsp3) is 0.480. The second kappa shape index (κ2) is 12.7. The molecule has 0 heterocycles. The normalized spacial score (nSPS) is 11.1. The molecule has 0 aliphatic rings. The van der Waals surface area contributed by atoms with Gasteiger partial charge in [-0.1, -0.05) is 22.0 Å². The van der Waals surface area contributed by atoms with Gasteiger partial charge in [-0.05, 0) is 76.1 Å². The predicted octanol–water partition coefficient (Wildman–Crippen LogP) is 4.49. The molecule has 1 amide bonds. The first-order chi connectivity index (χ1) is 15.7. The Morgan fingerprint density at radius 1 is 0.970 bits per heavy atom. The highest BCUT2D eigenvalue weighted by Gasteiger charge is 2.16. The van der Waals surface area contributed by atoms with E-state index in [2.05, 4.69) is 26.6 Å². The fourth-order valence-corrected chi connectivity index (χ4v) is 3.65. The molecular formula is C25H35BrN2O5. The lowest BCUT2D eigenvalue weighted by Gasteiger charge is -2.21. The van der Waals surface area contributed by atoms with Gasteiger partial charge in [0.05, 0.1) is 20.8 Å². The summed E-state index contributed by atoms with van der Waals surface area (Å²) in [6.07, 6.45) is 0.848. The molecule has 182 valence electrons. The van der Waals surface area contributed by atoms with E-state index in [1.54, 1.807) is 14.2 Å². The molecule has 0 aliphatic carbocycles. The van der Waals surface area contributed by atoms with Crippen LogP contribution in [-0.2, 0) is 17.8 Å². The third kappa shape index (κ3) is 8.78. The van der Waals surface area contributed by atoms with Crippen LogP contribution in [-0.4, -0.2) is 45.4 Å². The second-order valence-corrected chi connectivity index (χ2v) is 9.38. The summed E-state index contributed by atoms with van der Waals surface area (Å²) in [5.74, 6) is 2.41. The Balaban J connectivity index is 1.97. The minimum Gasteiger partial charge on any atom is -0.493 e. The fourth-order valence-electron chi connectivity index (χ4n) is 3.18. The van der Waals surface area contributed by atoms with Crippen LogP contribution in [0.2, 0.25) is 0 Å². The Bertz CT molecular complexity index is 928. The lowest BCUT2D eigenvalue weighted by atomic mass is 10.1. The molecule has 2 aromatic rings. The minimum absolute atomic E-state index is 0.0767. The summed E-state index contributed by atoms with van der Waals surface area (Å²) < 4.78 is 23.1. The SMILES string of the molecule is CCOc1cc(CNCCc2ccc(OC)c(OC)c2)c(Br)cc1OCC(=O)NC(C)(C)C. The number of amides is 1. The summed E-state index contributed by atoms with van der Waals surface area (Å²) in [4.78, 5) is 12.1. The quantitative estimate of drug-likeness (QED) is 0.400. The van der Waals surface area contributed by atoms with Gasteiger partial charge in [0.2, 0.25) is 0 Å². The van der Waals surface area contributed by atoms with Crippen molar-refractivity contribution < 1.29 is 23.7 Å². The first-order valence-corrected chi connectivity index (χ1v) is 11.8. The van der Waals surface area contributed by atoms with Gasteiger partial charge in [0.25, 0.3) is 5.91 Å². The molecule has 0 fully saturated rings. The van der Waals surface area contributed by atoms with Crippen molar-refractivity contribution in [2.24, 2.45) is 0 Å². The Labute approximate surface area is 205 Å². The first kappa shape index (κ1) is 26.8. The van der Waals surface area contributed by atoms with Gasteiger partial charge in [0.15, 0.2) is 29.6 Å². The number of benzene rings is 2. The van der Waals surface area contributed by atoms with Crippen LogP contribution in [0, 0.1) is 0 Å². The van der Waals surface area contributed by atoms with Gasteiger partial charge in [0.1, 0.15) is 0 Å². The predicted molar refractivity (Wildman–Crippen MR) is 134 cm³/mol. The summed E-state index contributed by atoms with van der Waals surface area (Å²) in [5, 5.41) is 6.35. The number of ether oxygens (including phenoxy) is 4. The first-order valence-electron chi connectivity index (χ1n) is 11.0. The summed E-state index contributed by atoms with van der Waals surface area (Å²) in [7, 11) is 3.27. The maximum atomic E-state index is 12.1. The number of carbonyl (C=O) groups excluding carboxylic acids is 1. The van der Waals surface area contributed by atoms with Crippen LogP contribution >= 0.6 is 15.9 Å². The Hall–Kier alpha value is -2.45. The van der Waals surface area contributed by atoms with E-state index < -0.39 is 0 Å². The molecule has 0 radical (unpaired) electrons. The Morgan fingerprint density at radius 2 is 1.67 bits per heavy atom.